The van der Waals surface area contributed by atoms with Crippen LogP contribution in [0.15, 0.2) is 0 Å². The summed E-state index contributed by atoms with van der Waals surface area (Å²) in [4.78, 5) is 11.4. The molecule has 0 amide bonds. The molecule has 0 aliphatic carbocycles. The summed E-state index contributed by atoms with van der Waals surface area (Å²) in [6.45, 7) is -1.01. The van der Waals surface area contributed by atoms with Crippen molar-refractivity contribution >= 4 is 5.78 Å². The lowest BCUT2D eigenvalue weighted by Crippen LogP contribution is -2.66. The van der Waals surface area contributed by atoms with E-state index in [1.807, 2.05) is 0 Å². The Bertz CT molecular complexity index is 735. The van der Waals surface area contributed by atoms with Gasteiger partial charge in [-0.3, -0.25) is 4.79 Å². The summed E-state index contributed by atoms with van der Waals surface area (Å²) in [6.07, 6.45) is -24.3. The quantitative estimate of drug-likeness (QED) is 0.129. The van der Waals surface area contributed by atoms with Crippen molar-refractivity contribution in [3.8, 4) is 0 Å². The average Bonchev–Trinajstić information content (AvgIpc) is 2.87. The highest BCUT2D eigenvalue weighted by Crippen LogP contribution is 2.32. The molecule has 3 rings (SSSR count). The van der Waals surface area contributed by atoms with E-state index in [0.29, 0.717) is 0 Å². The second-order valence-electron chi connectivity index (χ2n) is 9.39. The van der Waals surface area contributed by atoms with Crippen LogP contribution in [0.25, 0.3) is 0 Å². The van der Waals surface area contributed by atoms with Crippen LogP contribution in [0.5, 0.6) is 0 Å². The molecule has 0 saturated carbocycles. The molecule has 16 heteroatoms. The zero-order valence-corrected chi connectivity index (χ0v) is 19.9. The van der Waals surface area contributed by atoms with Gasteiger partial charge in [-0.2, -0.15) is 0 Å². The lowest BCUT2D eigenvalue weighted by Gasteiger charge is -2.48. The van der Waals surface area contributed by atoms with E-state index in [9.17, 15) is 55.9 Å². The van der Waals surface area contributed by atoms with E-state index >= 15 is 0 Å². The van der Waals surface area contributed by atoms with Crippen LogP contribution in [0.3, 0.4) is 0 Å². The van der Waals surface area contributed by atoms with Crippen molar-refractivity contribution in [2.45, 2.75) is 105 Å². The third kappa shape index (κ3) is 6.46. The number of carbonyl (C=O) groups is 1. The van der Waals surface area contributed by atoms with Gasteiger partial charge in [0.25, 0.3) is 0 Å². The Morgan fingerprint density at radius 1 is 0.568 bits per heavy atom. The second kappa shape index (κ2) is 12.9. The van der Waals surface area contributed by atoms with Gasteiger partial charge in [-0.15, -0.1) is 0 Å². The highest BCUT2D eigenvalue weighted by atomic mass is 16.7. The topological polar surface area (TPSA) is 266 Å². The molecule has 0 aromatic heterocycles. The minimum absolute atomic E-state index is 0.244. The average molecular weight is 545 g/mol. The molecule has 3 saturated heterocycles. The van der Waals surface area contributed by atoms with Gasteiger partial charge in [0, 0.05) is 6.42 Å². The van der Waals surface area contributed by atoms with Crippen LogP contribution in [0.4, 0.5) is 0 Å². The summed E-state index contributed by atoms with van der Waals surface area (Å²) in [5, 5.41) is 101. The van der Waals surface area contributed by atoms with Crippen molar-refractivity contribution < 1.29 is 79.5 Å². The van der Waals surface area contributed by atoms with Crippen LogP contribution in [-0.2, 0) is 28.5 Å². The highest BCUT2D eigenvalue weighted by molar-refractivity contribution is 5.76. The van der Waals surface area contributed by atoms with Crippen molar-refractivity contribution in [2.75, 3.05) is 19.8 Å². The molecule has 3 aliphatic heterocycles. The van der Waals surface area contributed by atoms with Crippen LogP contribution in [-0.4, -0.2) is 169 Å². The number of rotatable bonds is 9. The number of ketones is 1. The van der Waals surface area contributed by atoms with E-state index in [2.05, 4.69) is 0 Å². The lowest BCUT2D eigenvalue weighted by atomic mass is 9.92. The van der Waals surface area contributed by atoms with Crippen LogP contribution >= 0.6 is 0 Å². The summed E-state index contributed by atoms with van der Waals surface area (Å²) < 4.78 is 27.2. The summed E-state index contributed by atoms with van der Waals surface area (Å²) in [5.41, 5.74) is 0. The van der Waals surface area contributed by atoms with Crippen molar-refractivity contribution in [1.29, 1.82) is 0 Å². The van der Waals surface area contributed by atoms with Gasteiger partial charge < -0.3 is 74.7 Å². The molecule has 16 nitrogen and oxygen atoms in total. The van der Waals surface area contributed by atoms with Gasteiger partial charge in [0.15, 0.2) is 12.6 Å². The van der Waals surface area contributed by atoms with Crippen molar-refractivity contribution in [2.24, 2.45) is 0 Å². The maximum absolute atomic E-state index is 11.4. The number of hydrogen-bond donors (Lipinski definition) is 10. The Morgan fingerprint density at radius 2 is 0.973 bits per heavy atom. The molecule has 9 unspecified atom stereocenters. The molecule has 3 aliphatic rings. The Labute approximate surface area is 211 Å². The molecule has 3 fully saturated rings. The monoisotopic (exact) mass is 544 g/mol. The largest absolute Gasteiger partial charge is 0.394 e. The van der Waals surface area contributed by atoms with Crippen molar-refractivity contribution in [3.63, 3.8) is 0 Å². The Morgan fingerprint density at radius 3 is 1.46 bits per heavy atom. The molecule has 0 aromatic rings. The number of Topliss-reactive ketones (excluding diaryl/α,β-unsaturated/α-hetero) is 1. The predicted octanol–water partition coefficient (Wildman–Crippen LogP) is -6.54. The molecule has 3 heterocycles. The van der Waals surface area contributed by atoms with E-state index in [1.54, 1.807) is 0 Å². The summed E-state index contributed by atoms with van der Waals surface area (Å²) in [6, 6.07) is 0. The van der Waals surface area contributed by atoms with E-state index in [-0.39, 0.29) is 12.2 Å². The van der Waals surface area contributed by atoms with Crippen molar-refractivity contribution in [3.05, 3.63) is 0 Å². The molecule has 216 valence electrons. The van der Waals surface area contributed by atoms with Crippen molar-refractivity contribution in [1.82, 2.24) is 0 Å². The van der Waals surface area contributed by atoms with Crippen LogP contribution < -0.4 is 0 Å². The molecule has 0 spiro atoms. The van der Waals surface area contributed by atoms with E-state index in [4.69, 9.17) is 23.7 Å². The number of aliphatic hydroxyl groups excluding tert-OH is 10. The Hall–Kier alpha value is -0.930. The summed E-state index contributed by atoms with van der Waals surface area (Å²) in [5.74, 6) is -0.335. The highest BCUT2D eigenvalue weighted by Gasteiger charge is 2.53. The van der Waals surface area contributed by atoms with Gasteiger partial charge >= 0.3 is 0 Å². The Kier molecular flexibility index (Phi) is 10.7. The van der Waals surface area contributed by atoms with Crippen LogP contribution in [0, 0.1) is 0 Å². The fourth-order valence-electron chi connectivity index (χ4n) is 4.61. The number of hydrogen-bond acceptors (Lipinski definition) is 16. The summed E-state index contributed by atoms with van der Waals surface area (Å²) in [7, 11) is 0. The molecule has 37 heavy (non-hydrogen) atoms. The minimum Gasteiger partial charge on any atom is -0.394 e. The smallest absolute Gasteiger partial charge is 0.187 e. The van der Waals surface area contributed by atoms with Gasteiger partial charge in [0.05, 0.1) is 25.9 Å². The number of ether oxygens (including phenoxy) is 5. The Balaban J connectivity index is 1.71. The predicted molar refractivity (Wildman–Crippen MR) is 114 cm³/mol. The molecule has 0 bridgehead atoms. The second-order valence-corrected chi connectivity index (χ2v) is 9.39. The van der Waals surface area contributed by atoms with Gasteiger partial charge in [0.2, 0.25) is 0 Å². The normalized spacial score (nSPS) is 49.1. The van der Waals surface area contributed by atoms with E-state index in [0.717, 1.165) is 0 Å². The maximum Gasteiger partial charge on any atom is 0.187 e. The first-order valence-corrected chi connectivity index (χ1v) is 11.8. The molecule has 0 aromatic carbocycles. The first-order chi connectivity index (χ1) is 17.4. The van der Waals surface area contributed by atoms with Crippen LogP contribution in [0.1, 0.15) is 13.3 Å². The maximum atomic E-state index is 11.4. The van der Waals surface area contributed by atoms with Gasteiger partial charge in [-0.25, -0.2) is 0 Å². The lowest BCUT2D eigenvalue weighted by molar-refractivity contribution is -0.372. The molecular formula is C21H36O16. The summed E-state index contributed by atoms with van der Waals surface area (Å²) >= 11 is 0. The van der Waals surface area contributed by atoms with Gasteiger partial charge in [0.1, 0.15) is 79.0 Å². The van der Waals surface area contributed by atoms with Gasteiger partial charge in [-0.1, -0.05) is 0 Å². The van der Waals surface area contributed by atoms with E-state index < -0.39 is 112 Å². The first kappa shape index (κ1) is 30.6. The zero-order chi connectivity index (χ0) is 27.6. The SMILES string of the molecule is CC(=O)C[C@@H]1OC(CO)[C@@H](O[C@H]2OC(CO)[C@@H](O[C@H]3OC(CO)[C@@H](O)C(O)C3O)C(O)C2O)C(O)C1O. The zero-order valence-electron chi connectivity index (χ0n) is 19.9. The fraction of sp³-hybridized carbons (Fsp3) is 0.952. The van der Waals surface area contributed by atoms with Crippen LogP contribution in [0.2, 0.25) is 0 Å². The first-order valence-electron chi connectivity index (χ1n) is 11.8. The third-order valence-corrected chi connectivity index (χ3v) is 6.70. The number of aliphatic hydroxyl groups is 10. The van der Waals surface area contributed by atoms with E-state index in [1.165, 1.54) is 6.92 Å². The molecule has 15 atom stereocenters. The standard InChI is InChI=1S/C21H36O16/c1-6(25)2-7-11(26)14(29)18(9(4-23)33-7)36-21-17(32)15(30)19(10(5-24)35-21)37-20-16(31)13(28)12(27)8(3-22)34-20/h7-24,26-32H,2-5H2,1H3/t7-,8?,9?,10?,11?,12+,13?,14?,15?,16?,17?,18+,19+,20+,21+/m0/s1. The minimum atomic E-state index is -1.91. The third-order valence-electron chi connectivity index (χ3n) is 6.70. The van der Waals surface area contributed by atoms with Gasteiger partial charge in [-0.05, 0) is 6.92 Å². The molecule has 10 N–H and O–H groups in total. The molecular weight excluding hydrogens is 508 g/mol. The fourth-order valence-corrected chi connectivity index (χ4v) is 4.61. The molecule has 0 radical (unpaired) electrons. The number of carbonyl (C=O) groups excluding carboxylic acids is 1.